The molecule has 0 bridgehead atoms. The third-order valence-electron chi connectivity index (χ3n) is 2.94. The summed E-state index contributed by atoms with van der Waals surface area (Å²) < 4.78 is 0. The van der Waals surface area contributed by atoms with Gasteiger partial charge in [0.05, 0.1) is 6.20 Å². The van der Waals surface area contributed by atoms with Crippen LogP contribution >= 0.6 is 0 Å². The molecule has 0 aliphatic carbocycles. The van der Waals surface area contributed by atoms with Crippen molar-refractivity contribution in [1.82, 2.24) is 25.5 Å². The summed E-state index contributed by atoms with van der Waals surface area (Å²) in [5.41, 5.74) is -0.255. The maximum atomic E-state index is 12.3. The number of nitrogens with one attached hydrogen (secondary N) is 3. The predicted molar refractivity (Wildman–Crippen MR) is 66.6 cm³/mol. The number of hydrogen-bond donors (Lipinski definition) is 3. The van der Waals surface area contributed by atoms with Crippen LogP contribution in [0.4, 0.5) is 0 Å². The molecule has 1 atom stereocenters. The molecular formula is C11H15N5O3. The van der Waals surface area contributed by atoms with Crippen molar-refractivity contribution < 1.29 is 9.59 Å². The minimum absolute atomic E-state index is 0.121. The third-order valence-corrected chi connectivity index (χ3v) is 2.94. The van der Waals surface area contributed by atoms with Gasteiger partial charge in [-0.15, -0.1) is 0 Å². The van der Waals surface area contributed by atoms with Crippen molar-refractivity contribution in [2.45, 2.75) is 6.04 Å². The van der Waals surface area contributed by atoms with Gasteiger partial charge < -0.3 is 20.5 Å². The summed E-state index contributed by atoms with van der Waals surface area (Å²) in [6, 6.07) is -0.569. The first-order valence-electron chi connectivity index (χ1n) is 5.91. The Bertz CT molecular complexity index is 521. The van der Waals surface area contributed by atoms with Gasteiger partial charge in [-0.25, -0.2) is 4.98 Å². The van der Waals surface area contributed by atoms with Crippen LogP contribution in [0.2, 0.25) is 0 Å². The monoisotopic (exact) mass is 265 g/mol. The Hall–Kier alpha value is -2.22. The number of aromatic nitrogens is 2. The Morgan fingerprint density at radius 3 is 2.95 bits per heavy atom. The van der Waals surface area contributed by atoms with E-state index in [0.29, 0.717) is 19.6 Å². The van der Waals surface area contributed by atoms with Crippen LogP contribution in [0.25, 0.3) is 0 Å². The van der Waals surface area contributed by atoms with Gasteiger partial charge in [0.1, 0.15) is 11.7 Å². The van der Waals surface area contributed by atoms with Crippen LogP contribution in [0, 0.1) is 0 Å². The molecule has 0 aromatic carbocycles. The second kappa shape index (κ2) is 5.61. The van der Waals surface area contributed by atoms with E-state index in [1.54, 1.807) is 0 Å². The first-order valence-corrected chi connectivity index (χ1v) is 5.91. The maximum Gasteiger partial charge on any atom is 0.274 e. The number of rotatable bonds is 2. The number of likely N-dealkylation sites (N-methyl/N-ethyl adjacent to an activating group) is 1. The Kier molecular flexibility index (Phi) is 3.91. The van der Waals surface area contributed by atoms with Crippen LogP contribution in [0.5, 0.6) is 0 Å². The number of aromatic amines is 1. The van der Waals surface area contributed by atoms with Gasteiger partial charge in [0.2, 0.25) is 5.91 Å². The van der Waals surface area contributed by atoms with E-state index in [9.17, 15) is 14.4 Å². The van der Waals surface area contributed by atoms with Crippen molar-refractivity contribution in [3.05, 3.63) is 28.4 Å². The molecule has 8 heteroatoms. The van der Waals surface area contributed by atoms with Gasteiger partial charge >= 0.3 is 0 Å². The summed E-state index contributed by atoms with van der Waals surface area (Å²) in [4.78, 5) is 42.6. The molecule has 2 amide bonds. The average molecular weight is 265 g/mol. The molecule has 2 heterocycles. The largest absolute Gasteiger partial charge is 0.357 e. The molecule has 1 aliphatic heterocycles. The van der Waals surface area contributed by atoms with Crippen LogP contribution in [0.3, 0.4) is 0 Å². The minimum atomic E-state index is -0.569. The highest BCUT2D eigenvalue weighted by Gasteiger charge is 2.32. The molecule has 0 spiro atoms. The highest BCUT2D eigenvalue weighted by Crippen LogP contribution is 2.08. The molecule has 1 saturated heterocycles. The van der Waals surface area contributed by atoms with Gasteiger partial charge in [-0.3, -0.25) is 14.4 Å². The number of H-pyrrole nitrogens is 1. The second-order valence-electron chi connectivity index (χ2n) is 4.13. The molecule has 2 rings (SSSR count). The van der Waals surface area contributed by atoms with Crippen molar-refractivity contribution in [3.63, 3.8) is 0 Å². The Labute approximate surface area is 109 Å². The fraction of sp³-hybridized carbons (Fsp3) is 0.455. The van der Waals surface area contributed by atoms with Crippen molar-refractivity contribution in [1.29, 1.82) is 0 Å². The number of carbonyl (C=O) groups is 2. The van der Waals surface area contributed by atoms with Gasteiger partial charge in [-0.1, -0.05) is 0 Å². The number of amides is 2. The van der Waals surface area contributed by atoms with E-state index in [2.05, 4.69) is 20.6 Å². The number of hydrogen-bond acceptors (Lipinski definition) is 5. The van der Waals surface area contributed by atoms with Crippen LogP contribution in [0.15, 0.2) is 17.2 Å². The van der Waals surface area contributed by atoms with E-state index < -0.39 is 6.04 Å². The van der Waals surface area contributed by atoms with Crippen LogP contribution in [-0.2, 0) is 4.79 Å². The molecule has 8 nitrogen and oxygen atoms in total. The lowest BCUT2D eigenvalue weighted by Gasteiger charge is -2.34. The van der Waals surface area contributed by atoms with Crippen LogP contribution in [-0.4, -0.2) is 59.4 Å². The zero-order valence-electron chi connectivity index (χ0n) is 10.5. The topological polar surface area (TPSA) is 107 Å². The molecular weight excluding hydrogens is 250 g/mol. The molecule has 19 heavy (non-hydrogen) atoms. The molecule has 1 aromatic heterocycles. The van der Waals surface area contributed by atoms with Gasteiger partial charge in [0.25, 0.3) is 11.5 Å². The van der Waals surface area contributed by atoms with E-state index in [4.69, 9.17) is 0 Å². The summed E-state index contributed by atoms with van der Waals surface area (Å²) in [6.45, 7) is 1.43. The summed E-state index contributed by atoms with van der Waals surface area (Å²) >= 11 is 0. The molecule has 1 aromatic rings. The van der Waals surface area contributed by atoms with Gasteiger partial charge in [0, 0.05) is 32.9 Å². The van der Waals surface area contributed by atoms with Crippen molar-refractivity contribution >= 4 is 11.8 Å². The van der Waals surface area contributed by atoms with E-state index in [1.165, 1.54) is 18.1 Å². The lowest BCUT2D eigenvalue weighted by atomic mass is 10.1. The lowest BCUT2D eigenvalue weighted by molar-refractivity contribution is -0.125. The average Bonchev–Trinajstić information content (AvgIpc) is 2.46. The summed E-state index contributed by atoms with van der Waals surface area (Å²) in [5.74, 6) is -0.601. The minimum Gasteiger partial charge on any atom is -0.357 e. The molecule has 102 valence electrons. The molecule has 1 unspecified atom stereocenters. The molecule has 1 aliphatic rings. The first-order chi connectivity index (χ1) is 9.13. The Balaban J connectivity index is 2.22. The summed E-state index contributed by atoms with van der Waals surface area (Å²) in [7, 11) is 1.53. The fourth-order valence-corrected chi connectivity index (χ4v) is 1.95. The third kappa shape index (κ3) is 2.79. The number of nitrogens with zero attached hydrogens (tertiary/aromatic N) is 2. The summed E-state index contributed by atoms with van der Waals surface area (Å²) in [5, 5.41) is 5.59. The van der Waals surface area contributed by atoms with Crippen molar-refractivity contribution in [3.8, 4) is 0 Å². The highest BCUT2D eigenvalue weighted by atomic mass is 16.2. The van der Waals surface area contributed by atoms with Gasteiger partial charge in [0.15, 0.2) is 0 Å². The fourth-order valence-electron chi connectivity index (χ4n) is 1.95. The standard InChI is InChI=1S/C11H15N5O3/c1-12-10(18)8-5-13-2-3-16(8)11(19)7-4-15-9(17)6-14-7/h4,6,8,13H,2-3,5H2,1H3,(H,12,18)(H,15,17). The van der Waals surface area contributed by atoms with Gasteiger partial charge in [-0.2, -0.15) is 0 Å². The highest BCUT2D eigenvalue weighted by molar-refractivity contribution is 5.96. The SMILES string of the molecule is CNC(=O)C1CNCCN1C(=O)c1c[nH]c(=O)cn1. The Morgan fingerprint density at radius 2 is 2.32 bits per heavy atom. The molecule has 0 radical (unpaired) electrons. The second-order valence-corrected chi connectivity index (χ2v) is 4.13. The van der Waals surface area contributed by atoms with Crippen LogP contribution < -0.4 is 16.2 Å². The predicted octanol–water partition coefficient (Wildman–Crippen LogP) is -2.07. The van der Waals surface area contributed by atoms with Crippen molar-refractivity contribution in [2.24, 2.45) is 0 Å². The lowest BCUT2D eigenvalue weighted by Crippen LogP contribution is -2.59. The van der Waals surface area contributed by atoms with E-state index in [1.807, 2.05) is 0 Å². The zero-order chi connectivity index (χ0) is 13.8. The number of piperazine rings is 1. The van der Waals surface area contributed by atoms with E-state index >= 15 is 0 Å². The van der Waals surface area contributed by atoms with Crippen LogP contribution in [0.1, 0.15) is 10.5 Å². The van der Waals surface area contributed by atoms with E-state index in [-0.39, 0.29) is 23.1 Å². The Morgan fingerprint density at radius 1 is 1.53 bits per heavy atom. The molecule has 0 saturated carbocycles. The zero-order valence-corrected chi connectivity index (χ0v) is 10.5. The normalized spacial score (nSPS) is 19.0. The first kappa shape index (κ1) is 13.2. The molecule has 3 N–H and O–H groups in total. The maximum absolute atomic E-state index is 12.3. The van der Waals surface area contributed by atoms with Crippen molar-refractivity contribution in [2.75, 3.05) is 26.7 Å². The molecule has 1 fully saturated rings. The van der Waals surface area contributed by atoms with E-state index in [0.717, 1.165) is 6.20 Å². The smallest absolute Gasteiger partial charge is 0.274 e. The number of carbonyl (C=O) groups excluding carboxylic acids is 2. The van der Waals surface area contributed by atoms with Gasteiger partial charge in [-0.05, 0) is 0 Å². The summed E-state index contributed by atoms with van der Waals surface area (Å²) in [6.07, 6.45) is 2.30. The quantitative estimate of drug-likeness (QED) is 0.569.